The van der Waals surface area contributed by atoms with E-state index in [0.29, 0.717) is 13.1 Å². The highest BCUT2D eigenvalue weighted by Crippen LogP contribution is 2.28. The molecule has 4 rings (SSSR count). The summed E-state index contributed by atoms with van der Waals surface area (Å²) in [6.45, 7) is 0.869. The van der Waals surface area contributed by atoms with Crippen LogP contribution < -0.4 is 5.32 Å². The fourth-order valence-corrected chi connectivity index (χ4v) is 3.72. The first-order valence-corrected chi connectivity index (χ1v) is 8.65. The lowest BCUT2D eigenvalue weighted by atomic mass is 10.1. The molecular weight excluding hydrogens is 308 g/mol. The van der Waals surface area contributed by atoms with Crippen molar-refractivity contribution in [3.8, 4) is 0 Å². The molecule has 0 radical (unpaired) electrons. The molecule has 2 heterocycles. The zero-order valence-corrected chi connectivity index (χ0v) is 13.5. The molecule has 2 amide bonds. The van der Waals surface area contributed by atoms with Crippen LogP contribution in [0.5, 0.6) is 0 Å². The number of hydrogen-bond donors (Lipinski definition) is 1. The smallest absolute Gasteiger partial charge is 0.255 e. The van der Waals surface area contributed by atoms with Crippen LogP contribution in [0.4, 0.5) is 0 Å². The van der Waals surface area contributed by atoms with Gasteiger partial charge in [0.2, 0.25) is 0 Å². The minimum Gasteiger partial charge on any atom is -0.351 e. The van der Waals surface area contributed by atoms with Crippen LogP contribution in [0, 0.1) is 0 Å². The van der Waals surface area contributed by atoms with Crippen LogP contribution >= 0.6 is 0 Å². The largest absolute Gasteiger partial charge is 0.351 e. The Morgan fingerprint density at radius 3 is 2.67 bits per heavy atom. The van der Waals surface area contributed by atoms with Gasteiger partial charge in [-0.15, -0.1) is 0 Å². The van der Waals surface area contributed by atoms with Gasteiger partial charge < -0.3 is 19.7 Å². The van der Waals surface area contributed by atoms with Crippen LogP contribution in [0.15, 0.2) is 30.3 Å². The third-order valence-corrected chi connectivity index (χ3v) is 4.97. The van der Waals surface area contributed by atoms with E-state index in [9.17, 15) is 9.59 Å². The van der Waals surface area contributed by atoms with Gasteiger partial charge in [-0.25, -0.2) is 0 Å². The summed E-state index contributed by atoms with van der Waals surface area (Å²) in [5.74, 6) is -0.386. The number of carbonyl (C=O) groups is 2. The van der Waals surface area contributed by atoms with Crippen LogP contribution in [-0.4, -0.2) is 47.8 Å². The van der Waals surface area contributed by atoms with E-state index in [1.807, 2.05) is 30.3 Å². The lowest BCUT2D eigenvalue weighted by Crippen LogP contribution is -2.52. The van der Waals surface area contributed by atoms with Crippen molar-refractivity contribution in [2.45, 2.75) is 56.8 Å². The van der Waals surface area contributed by atoms with Gasteiger partial charge in [0.05, 0.1) is 6.54 Å². The third kappa shape index (κ3) is 3.03. The Bertz CT molecular complexity index is 615. The maximum Gasteiger partial charge on any atom is 0.255 e. The highest BCUT2D eigenvalue weighted by Gasteiger charge is 2.51. The van der Waals surface area contributed by atoms with Gasteiger partial charge in [-0.1, -0.05) is 43.2 Å². The summed E-state index contributed by atoms with van der Waals surface area (Å²) in [6.07, 6.45) is 2.11. The fraction of sp³-hybridized carbons (Fsp3) is 0.556. The molecule has 1 aromatic carbocycles. The van der Waals surface area contributed by atoms with Crippen molar-refractivity contribution < 1.29 is 19.1 Å². The maximum atomic E-state index is 12.7. The molecule has 1 aromatic rings. The monoisotopic (exact) mass is 330 g/mol. The van der Waals surface area contributed by atoms with E-state index in [1.165, 1.54) is 0 Å². The Balaban J connectivity index is 1.42. The molecule has 0 aromatic heterocycles. The zero-order chi connectivity index (χ0) is 16.5. The van der Waals surface area contributed by atoms with Crippen LogP contribution in [0.3, 0.4) is 0 Å². The van der Waals surface area contributed by atoms with Gasteiger partial charge in [0.15, 0.2) is 18.5 Å². The van der Waals surface area contributed by atoms with Crippen molar-refractivity contribution in [3.05, 3.63) is 35.9 Å². The first-order valence-electron chi connectivity index (χ1n) is 8.65. The molecule has 1 N–H and O–H groups in total. The molecule has 6 heteroatoms. The Morgan fingerprint density at radius 1 is 1.17 bits per heavy atom. The maximum absolute atomic E-state index is 12.7. The summed E-state index contributed by atoms with van der Waals surface area (Å²) in [6, 6.07) is 10.0. The molecule has 0 spiro atoms. The van der Waals surface area contributed by atoms with Crippen molar-refractivity contribution in [2.75, 3.05) is 6.54 Å². The second-order valence-corrected chi connectivity index (χ2v) is 6.74. The number of fused-ring (bicyclic) bond motifs is 2. The summed E-state index contributed by atoms with van der Waals surface area (Å²) in [5, 5.41) is 3.00. The number of amides is 2. The van der Waals surface area contributed by atoms with E-state index >= 15 is 0 Å². The minimum atomic E-state index is -0.830. The first kappa shape index (κ1) is 15.6. The van der Waals surface area contributed by atoms with Crippen molar-refractivity contribution in [2.24, 2.45) is 0 Å². The number of hydrogen-bond acceptors (Lipinski definition) is 4. The molecule has 3 atom stereocenters. The zero-order valence-electron chi connectivity index (χ0n) is 13.5. The van der Waals surface area contributed by atoms with Crippen molar-refractivity contribution in [3.63, 3.8) is 0 Å². The van der Waals surface area contributed by atoms with E-state index in [1.54, 1.807) is 4.90 Å². The Labute approximate surface area is 141 Å². The van der Waals surface area contributed by atoms with Crippen LogP contribution in [-0.2, 0) is 25.6 Å². The Morgan fingerprint density at radius 2 is 1.92 bits per heavy atom. The third-order valence-electron chi connectivity index (χ3n) is 4.97. The quantitative estimate of drug-likeness (QED) is 0.901. The molecule has 6 nitrogen and oxygen atoms in total. The number of rotatable bonds is 4. The summed E-state index contributed by atoms with van der Waals surface area (Å²) in [4.78, 5) is 26.9. The lowest BCUT2D eigenvalue weighted by molar-refractivity contribution is -0.162. The van der Waals surface area contributed by atoms with Crippen molar-refractivity contribution in [1.82, 2.24) is 10.2 Å². The predicted octanol–water partition coefficient (Wildman–Crippen LogP) is 1.20. The molecule has 24 heavy (non-hydrogen) atoms. The molecule has 3 fully saturated rings. The van der Waals surface area contributed by atoms with E-state index < -0.39 is 18.5 Å². The van der Waals surface area contributed by atoms with E-state index in [2.05, 4.69) is 5.32 Å². The predicted molar refractivity (Wildman–Crippen MR) is 85.8 cm³/mol. The van der Waals surface area contributed by atoms with E-state index in [4.69, 9.17) is 9.47 Å². The molecule has 1 aliphatic carbocycles. The fourth-order valence-electron chi connectivity index (χ4n) is 3.72. The molecule has 128 valence electrons. The highest BCUT2D eigenvalue weighted by molar-refractivity contribution is 5.92. The number of benzene rings is 1. The number of nitrogens with zero attached hydrogens (tertiary/aromatic N) is 1. The van der Waals surface area contributed by atoms with Gasteiger partial charge in [-0.2, -0.15) is 0 Å². The average Bonchev–Trinajstić information content (AvgIpc) is 3.21. The highest BCUT2D eigenvalue weighted by atomic mass is 16.7. The standard InChI is InChI=1S/C18H22N2O4/c21-17(19-13-8-4-5-9-13)15-16-18(22)20(11-14(23-15)24-16)10-12-6-2-1-3-7-12/h1-3,6-7,13-16H,4-5,8-11H2,(H,19,21)/t14-,15-,16-/m1/s1. The molecule has 1 saturated carbocycles. The second-order valence-electron chi connectivity index (χ2n) is 6.74. The molecule has 2 aliphatic heterocycles. The molecule has 0 unspecified atom stereocenters. The normalized spacial score (nSPS) is 29.9. The summed E-state index contributed by atoms with van der Waals surface area (Å²) >= 11 is 0. The van der Waals surface area contributed by atoms with Gasteiger partial charge in [-0.3, -0.25) is 9.59 Å². The average molecular weight is 330 g/mol. The summed E-state index contributed by atoms with van der Waals surface area (Å²) in [7, 11) is 0. The van der Waals surface area contributed by atoms with Crippen LogP contribution in [0.2, 0.25) is 0 Å². The minimum absolute atomic E-state index is 0.167. The number of nitrogens with one attached hydrogen (secondary N) is 1. The SMILES string of the molecule is O=C(NC1CCCC1)[C@@H]1O[C@H]2CN(Cc3ccccc3)C(=O)[C@@H]1O2. The number of ether oxygens (including phenoxy) is 2. The van der Waals surface area contributed by atoms with Gasteiger partial charge in [0.25, 0.3) is 11.8 Å². The molecule has 3 aliphatic rings. The van der Waals surface area contributed by atoms with E-state index in [-0.39, 0.29) is 17.9 Å². The molecule has 2 saturated heterocycles. The number of carbonyl (C=O) groups excluding carboxylic acids is 2. The first-order chi connectivity index (χ1) is 11.7. The van der Waals surface area contributed by atoms with Gasteiger partial charge in [-0.05, 0) is 18.4 Å². The summed E-state index contributed by atoms with van der Waals surface area (Å²) < 4.78 is 11.3. The van der Waals surface area contributed by atoms with Crippen LogP contribution in [0.1, 0.15) is 31.2 Å². The van der Waals surface area contributed by atoms with Gasteiger partial charge >= 0.3 is 0 Å². The summed E-state index contributed by atoms with van der Waals surface area (Å²) in [5.41, 5.74) is 1.05. The Kier molecular flexibility index (Phi) is 4.24. The molecular formula is C18H22N2O4. The number of morpholine rings is 1. The van der Waals surface area contributed by atoms with E-state index in [0.717, 1.165) is 31.2 Å². The topological polar surface area (TPSA) is 67.9 Å². The lowest BCUT2D eigenvalue weighted by Gasteiger charge is -2.30. The van der Waals surface area contributed by atoms with Crippen molar-refractivity contribution in [1.29, 1.82) is 0 Å². The van der Waals surface area contributed by atoms with Gasteiger partial charge in [0, 0.05) is 12.6 Å². The van der Waals surface area contributed by atoms with Crippen LogP contribution in [0.25, 0.3) is 0 Å². The Hall–Kier alpha value is -1.92. The second kappa shape index (κ2) is 6.53. The molecule has 2 bridgehead atoms. The van der Waals surface area contributed by atoms with Crippen molar-refractivity contribution >= 4 is 11.8 Å². The van der Waals surface area contributed by atoms with Gasteiger partial charge in [0.1, 0.15) is 0 Å².